The Hall–Kier alpha value is -0.405. The molecule has 1 aromatic heterocycles. The van der Waals surface area contributed by atoms with Gasteiger partial charge in [-0.25, -0.2) is 0 Å². The van der Waals surface area contributed by atoms with Crippen LogP contribution in [-0.4, -0.2) is 31.5 Å². The van der Waals surface area contributed by atoms with Crippen molar-refractivity contribution < 1.29 is 18.8 Å². The Bertz CT molecular complexity index is 482. The van der Waals surface area contributed by atoms with E-state index in [0.717, 1.165) is 11.3 Å². The molecule has 5 nitrogen and oxygen atoms in total. The Balaban J connectivity index is 3.32. The van der Waals surface area contributed by atoms with Gasteiger partial charge >= 0.3 is 7.12 Å². The lowest BCUT2D eigenvalue weighted by molar-refractivity contribution is 0.426. The summed E-state index contributed by atoms with van der Waals surface area (Å²) in [4.78, 5) is 0.942. The van der Waals surface area contributed by atoms with Crippen LogP contribution in [0.5, 0.6) is 0 Å². The molecule has 0 aliphatic rings. The molecule has 2 N–H and O–H groups in total. The van der Waals surface area contributed by atoms with E-state index in [1.807, 2.05) is 0 Å². The Kier molecular flexibility index (Phi) is 5.80. The first-order chi connectivity index (χ1) is 9.04. The van der Waals surface area contributed by atoms with Crippen LogP contribution in [0, 0.1) is 5.92 Å². The van der Waals surface area contributed by atoms with Crippen LogP contribution in [0.25, 0.3) is 0 Å². The van der Waals surface area contributed by atoms with Gasteiger partial charge in [-0.15, -0.1) is 11.3 Å². The highest BCUT2D eigenvalue weighted by Crippen LogP contribution is 2.32. The highest BCUT2D eigenvalue weighted by molar-refractivity contribution is 7.81. The van der Waals surface area contributed by atoms with Gasteiger partial charge in [0.2, 0.25) is 0 Å². The van der Waals surface area contributed by atoms with Crippen LogP contribution in [0.1, 0.15) is 39.5 Å². The first-order valence-electron chi connectivity index (χ1n) is 6.42. The maximum Gasteiger partial charge on any atom is 0.491 e. The summed E-state index contributed by atoms with van der Waals surface area (Å²) in [5, 5.41) is 19.3. The zero-order valence-corrected chi connectivity index (χ0v) is 14.0. The summed E-state index contributed by atoms with van der Waals surface area (Å²) in [6, 6.07) is 1.68. The van der Waals surface area contributed by atoms with Gasteiger partial charge in [0.05, 0.1) is 0 Å². The minimum absolute atomic E-state index is 0.241. The number of anilines is 1. The molecule has 0 aliphatic carbocycles. The van der Waals surface area contributed by atoms with Gasteiger partial charge in [0.1, 0.15) is 5.00 Å². The van der Waals surface area contributed by atoms with Gasteiger partial charge in [-0.3, -0.25) is 8.51 Å². The van der Waals surface area contributed by atoms with Crippen LogP contribution < -0.4 is 9.77 Å². The molecular weight excluding hydrogens is 297 g/mol. The van der Waals surface area contributed by atoms with E-state index >= 15 is 0 Å². The van der Waals surface area contributed by atoms with Crippen molar-refractivity contribution in [3.8, 4) is 0 Å². The van der Waals surface area contributed by atoms with E-state index in [9.17, 15) is 18.8 Å². The zero-order chi connectivity index (χ0) is 15.7. The van der Waals surface area contributed by atoms with Gasteiger partial charge in [-0.2, -0.15) is 0 Å². The Morgan fingerprint density at radius 1 is 1.45 bits per heavy atom. The van der Waals surface area contributed by atoms with Crippen LogP contribution in [0.15, 0.2) is 6.07 Å². The fraction of sp³-hybridized carbons (Fsp3) is 0.667. The van der Waals surface area contributed by atoms with Gasteiger partial charge < -0.3 is 14.6 Å². The predicted molar refractivity (Wildman–Crippen MR) is 83.8 cm³/mol. The first-order valence-corrected chi connectivity index (χ1v) is 8.27. The molecule has 0 fully saturated rings. The molecule has 0 aromatic carbocycles. The molecule has 0 bridgehead atoms. The Morgan fingerprint density at radius 3 is 2.35 bits per heavy atom. The molecule has 0 saturated heterocycles. The van der Waals surface area contributed by atoms with Crippen molar-refractivity contribution in [1.29, 1.82) is 0 Å². The molecule has 1 aromatic rings. The smallest absolute Gasteiger partial charge is 0.491 e. The molecule has 1 rings (SSSR count). The van der Waals surface area contributed by atoms with Gasteiger partial charge in [-0.1, -0.05) is 13.8 Å². The van der Waals surface area contributed by atoms with E-state index in [1.165, 1.54) is 15.6 Å². The van der Waals surface area contributed by atoms with Gasteiger partial charge in [0.15, 0.2) is 0 Å². The van der Waals surface area contributed by atoms with Crippen molar-refractivity contribution in [3.63, 3.8) is 0 Å². The average molecular weight is 318 g/mol. The quantitative estimate of drug-likeness (QED) is 0.627. The second-order valence-electron chi connectivity index (χ2n) is 6.13. The fourth-order valence-electron chi connectivity index (χ4n) is 1.89. The van der Waals surface area contributed by atoms with Gasteiger partial charge in [0.25, 0.3) is 0 Å². The molecular formula is C12H21BNO4S2-. The number of rotatable bonds is 5. The predicted octanol–water partition coefficient (Wildman–Crippen LogP) is 1.03. The Labute approximate surface area is 127 Å². The van der Waals surface area contributed by atoms with E-state index < -0.39 is 23.9 Å². The van der Waals surface area contributed by atoms with Crippen LogP contribution in [0.2, 0.25) is 0 Å². The van der Waals surface area contributed by atoms with Crippen molar-refractivity contribution >= 4 is 40.2 Å². The summed E-state index contributed by atoms with van der Waals surface area (Å²) < 4.78 is 24.2. The molecule has 1 heterocycles. The van der Waals surface area contributed by atoms with E-state index in [0.29, 0.717) is 10.9 Å². The van der Waals surface area contributed by atoms with E-state index in [-0.39, 0.29) is 5.46 Å². The summed E-state index contributed by atoms with van der Waals surface area (Å²) >= 11 is -1.19. The summed E-state index contributed by atoms with van der Waals surface area (Å²) in [5.41, 5.74) is -0.430. The minimum Gasteiger partial charge on any atom is -0.755 e. The molecule has 1 unspecified atom stereocenters. The van der Waals surface area contributed by atoms with Crippen molar-refractivity contribution in [3.05, 3.63) is 10.9 Å². The standard InChI is InChI=1S/C12H22BNO4S2/c1-8(2)6-9-7-10(13(15)16)11(19-9)14(20(17)18)12(3,4)5/h7-8,15-16H,6H2,1-5H3,(H,17,18)/p-1. The molecule has 1 atom stereocenters. The molecule has 8 heteroatoms. The summed E-state index contributed by atoms with van der Waals surface area (Å²) in [6.45, 7) is 9.40. The highest BCUT2D eigenvalue weighted by atomic mass is 32.2. The lowest BCUT2D eigenvalue weighted by atomic mass is 9.81. The van der Waals surface area contributed by atoms with Crippen LogP contribution in [-0.2, 0) is 17.7 Å². The van der Waals surface area contributed by atoms with Crippen molar-refractivity contribution in [2.45, 2.75) is 46.6 Å². The second-order valence-corrected chi connectivity index (χ2v) is 8.04. The number of hydrogen-bond acceptors (Lipinski definition) is 5. The van der Waals surface area contributed by atoms with E-state index in [2.05, 4.69) is 13.8 Å². The third-order valence-corrected chi connectivity index (χ3v) is 4.92. The Morgan fingerprint density at radius 2 is 2.00 bits per heavy atom. The third kappa shape index (κ3) is 4.29. The molecule has 0 saturated carbocycles. The molecule has 0 radical (unpaired) electrons. The number of thiophene rings is 1. The van der Waals surface area contributed by atoms with Crippen LogP contribution in [0.4, 0.5) is 5.00 Å². The largest absolute Gasteiger partial charge is 0.755 e. The third-order valence-electron chi connectivity index (χ3n) is 2.62. The molecule has 20 heavy (non-hydrogen) atoms. The summed E-state index contributed by atoms with van der Waals surface area (Å²) in [7, 11) is -1.68. The van der Waals surface area contributed by atoms with E-state index in [1.54, 1.807) is 26.8 Å². The maximum absolute atomic E-state index is 11.5. The highest BCUT2D eigenvalue weighted by Gasteiger charge is 2.30. The van der Waals surface area contributed by atoms with E-state index in [4.69, 9.17) is 0 Å². The SMILES string of the molecule is CC(C)Cc1cc(B(O)O)c(N(S(=O)[O-])C(C)(C)C)s1. The van der Waals surface area contributed by atoms with Crippen LogP contribution >= 0.6 is 11.3 Å². The second kappa shape index (κ2) is 6.57. The molecule has 0 aliphatic heterocycles. The average Bonchev–Trinajstić information content (AvgIpc) is 2.57. The maximum atomic E-state index is 11.5. The summed E-state index contributed by atoms with van der Waals surface area (Å²) in [6.07, 6.45) is 0.772. The van der Waals surface area contributed by atoms with Crippen molar-refractivity contribution in [2.24, 2.45) is 5.92 Å². The number of hydrogen-bond donors (Lipinski definition) is 2. The molecule has 114 valence electrons. The van der Waals surface area contributed by atoms with Crippen molar-refractivity contribution in [2.75, 3.05) is 4.31 Å². The fourth-order valence-corrected chi connectivity index (χ4v) is 4.36. The molecule has 0 spiro atoms. The van der Waals surface area contributed by atoms with Crippen molar-refractivity contribution in [1.82, 2.24) is 0 Å². The lowest BCUT2D eigenvalue weighted by Crippen LogP contribution is -2.46. The zero-order valence-electron chi connectivity index (χ0n) is 12.4. The first kappa shape index (κ1) is 17.6. The number of nitrogens with zero attached hydrogens (tertiary/aromatic N) is 1. The minimum atomic E-state index is -2.48. The van der Waals surface area contributed by atoms with Crippen LogP contribution in [0.3, 0.4) is 0 Å². The molecule has 0 amide bonds. The summed E-state index contributed by atoms with van der Waals surface area (Å²) in [5.74, 6) is 0.408. The lowest BCUT2D eigenvalue weighted by Gasteiger charge is -2.38. The monoisotopic (exact) mass is 318 g/mol. The van der Waals surface area contributed by atoms with Gasteiger partial charge in [-0.05, 0) is 39.2 Å². The normalized spacial score (nSPS) is 13.7. The van der Waals surface area contributed by atoms with Gasteiger partial charge in [0, 0.05) is 27.1 Å². The topological polar surface area (TPSA) is 83.8 Å².